The van der Waals surface area contributed by atoms with Crippen LogP contribution in [0.5, 0.6) is 0 Å². The smallest absolute Gasteiger partial charge is 0.316 e. The van der Waals surface area contributed by atoms with E-state index in [9.17, 15) is 9.59 Å². The summed E-state index contributed by atoms with van der Waals surface area (Å²) >= 11 is 0. The predicted octanol–water partition coefficient (Wildman–Crippen LogP) is 1.55. The number of esters is 1. The van der Waals surface area contributed by atoms with Gasteiger partial charge in [0, 0.05) is 11.8 Å². The Labute approximate surface area is 78.5 Å². The molecule has 13 heavy (non-hydrogen) atoms. The molecule has 0 aromatic carbocycles. The van der Waals surface area contributed by atoms with E-state index < -0.39 is 11.3 Å². The van der Waals surface area contributed by atoms with E-state index in [0.29, 0.717) is 6.42 Å². The Morgan fingerprint density at radius 1 is 1.46 bits per heavy atom. The van der Waals surface area contributed by atoms with Gasteiger partial charge in [-0.3, -0.25) is 9.59 Å². The van der Waals surface area contributed by atoms with Crippen molar-refractivity contribution in [1.82, 2.24) is 0 Å². The number of hydrogen-bond donors (Lipinski definition) is 0. The first-order valence-electron chi connectivity index (χ1n) is 4.57. The Morgan fingerprint density at radius 3 is 2.31 bits per heavy atom. The van der Waals surface area contributed by atoms with Crippen molar-refractivity contribution in [3.63, 3.8) is 0 Å². The molecule has 1 heterocycles. The molecule has 0 amide bonds. The molecule has 0 spiro atoms. The van der Waals surface area contributed by atoms with Gasteiger partial charge in [-0.2, -0.15) is 0 Å². The second-order valence-corrected chi connectivity index (χ2v) is 4.65. The first-order chi connectivity index (χ1) is 5.82. The Bertz CT molecular complexity index is 237. The van der Waals surface area contributed by atoms with E-state index >= 15 is 0 Å². The Morgan fingerprint density at radius 2 is 2.00 bits per heavy atom. The van der Waals surface area contributed by atoms with Crippen LogP contribution in [0.2, 0.25) is 0 Å². The number of rotatable bonds is 1. The third-order valence-corrected chi connectivity index (χ3v) is 2.23. The average molecular weight is 184 g/mol. The minimum Gasteiger partial charge on any atom is -0.462 e. The summed E-state index contributed by atoms with van der Waals surface area (Å²) < 4.78 is 4.93. The molecule has 1 rings (SSSR count). The number of Topliss-reactive ketones (excluding diaryl/α,β-unsaturated/α-hetero) is 1. The van der Waals surface area contributed by atoms with Crippen molar-refractivity contribution in [2.24, 2.45) is 11.3 Å². The van der Waals surface area contributed by atoms with Crippen molar-refractivity contribution in [3.05, 3.63) is 0 Å². The summed E-state index contributed by atoms with van der Waals surface area (Å²) in [5, 5.41) is 0. The molecule has 0 aromatic heterocycles. The molecule has 3 heteroatoms. The fraction of sp³-hybridized carbons (Fsp3) is 0.800. The summed E-state index contributed by atoms with van der Waals surface area (Å²) in [4.78, 5) is 23.0. The van der Waals surface area contributed by atoms with E-state index in [1.165, 1.54) is 0 Å². The molecule has 2 unspecified atom stereocenters. The standard InChI is InChI=1S/C10H16O3/c1-6-5-7(9(12)13-6)8(11)10(2,3)4/h6-7H,5H2,1-4H3. The highest BCUT2D eigenvalue weighted by Crippen LogP contribution is 2.29. The van der Waals surface area contributed by atoms with Gasteiger partial charge >= 0.3 is 5.97 Å². The second-order valence-electron chi connectivity index (χ2n) is 4.65. The van der Waals surface area contributed by atoms with Crippen molar-refractivity contribution < 1.29 is 14.3 Å². The number of carbonyl (C=O) groups is 2. The molecule has 0 bridgehead atoms. The van der Waals surface area contributed by atoms with Gasteiger partial charge < -0.3 is 4.74 Å². The van der Waals surface area contributed by atoms with Crippen LogP contribution in [0.4, 0.5) is 0 Å². The zero-order valence-electron chi connectivity index (χ0n) is 8.59. The topological polar surface area (TPSA) is 43.4 Å². The van der Waals surface area contributed by atoms with Gasteiger partial charge in [-0.25, -0.2) is 0 Å². The van der Waals surface area contributed by atoms with Crippen LogP contribution < -0.4 is 0 Å². The maximum atomic E-state index is 11.7. The van der Waals surface area contributed by atoms with Crippen molar-refractivity contribution >= 4 is 11.8 Å². The molecule has 2 atom stereocenters. The van der Waals surface area contributed by atoms with Crippen molar-refractivity contribution in [2.45, 2.75) is 40.2 Å². The van der Waals surface area contributed by atoms with Crippen LogP contribution in [-0.2, 0) is 14.3 Å². The van der Waals surface area contributed by atoms with Crippen LogP contribution >= 0.6 is 0 Å². The van der Waals surface area contributed by atoms with Crippen LogP contribution in [0.3, 0.4) is 0 Å². The Kier molecular flexibility index (Phi) is 2.46. The molecule has 0 N–H and O–H groups in total. The molecule has 1 fully saturated rings. The molecule has 74 valence electrons. The van der Waals surface area contributed by atoms with E-state index in [2.05, 4.69) is 0 Å². The minimum atomic E-state index is -0.532. The molecule has 0 aromatic rings. The fourth-order valence-corrected chi connectivity index (χ4v) is 1.49. The quantitative estimate of drug-likeness (QED) is 0.458. The SMILES string of the molecule is CC1CC(C(=O)C(C)(C)C)C(=O)O1. The van der Waals surface area contributed by atoms with Gasteiger partial charge in [-0.1, -0.05) is 20.8 Å². The molecule has 1 aliphatic rings. The maximum Gasteiger partial charge on any atom is 0.316 e. The summed E-state index contributed by atoms with van der Waals surface area (Å²) in [6, 6.07) is 0. The lowest BCUT2D eigenvalue weighted by Gasteiger charge is -2.18. The molecule has 0 aliphatic carbocycles. The van der Waals surface area contributed by atoms with Crippen LogP contribution in [0.25, 0.3) is 0 Å². The largest absolute Gasteiger partial charge is 0.462 e. The Balaban J connectivity index is 2.74. The van der Waals surface area contributed by atoms with Gasteiger partial charge in [0.05, 0.1) is 0 Å². The lowest BCUT2D eigenvalue weighted by Crippen LogP contribution is -2.30. The molecule has 1 saturated heterocycles. The highest BCUT2D eigenvalue weighted by molar-refractivity contribution is 6.02. The van der Waals surface area contributed by atoms with Crippen molar-refractivity contribution in [2.75, 3.05) is 0 Å². The Hall–Kier alpha value is -0.860. The van der Waals surface area contributed by atoms with Crippen molar-refractivity contribution in [3.8, 4) is 0 Å². The summed E-state index contributed by atoms with van der Waals surface area (Å²) in [6.07, 6.45) is 0.429. The van der Waals surface area contributed by atoms with E-state index in [0.717, 1.165) is 0 Å². The molecule has 3 nitrogen and oxygen atoms in total. The molecule has 0 saturated carbocycles. The van der Waals surface area contributed by atoms with Crippen LogP contribution in [0.15, 0.2) is 0 Å². The van der Waals surface area contributed by atoms with Crippen molar-refractivity contribution in [1.29, 1.82) is 0 Å². The lowest BCUT2D eigenvalue weighted by atomic mass is 9.82. The van der Waals surface area contributed by atoms with Crippen LogP contribution in [0.1, 0.15) is 34.1 Å². The number of cyclic esters (lactones) is 1. The zero-order chi connectivity index (χ0) is 10.2. The number of ketones is 1. The number of ether oxygens (including phenoxy) is 1. The average Bonchev–Trinajstić information content (AvgIpc) is 2.26. The van der Waals surface area contributed by atoms with Gasteiger partial charge in [0.25, 0.3) is 0 Å². The zero-order valence-corrected chi connectivity index (χ0v) is 8.59. The summed E-state index contributed by atoms with van der Waals surface area (Å²) in [6.45, 7) is 7.29. The lowest BCUT2D eigenvalue weighted by molar-refractivity contribution is -0.148. The van der Waals surface area contributed by atoms with E-state index in [-0.39, 0.29) is 17.9 Å². The highest BCUT2D eigenvalue weighted by Gasteiger charge is 2.41. The summed E-state index contributed by atoms with van der Waals surface area (Å²) in [5.74, 6) is -0.899. The van der Waals surface area contributed by atoms with Crippen LogP contribution in [-0.4, -0.2) is 17.9 Å². The highest BCUT2D eigenvalue weighted by atomic mass is 16.5. The second kappa shape index (κ2) is 3.13. The van der Waals surface area contributed by atoms with Gasteiger partial charge in [-0.05, 0) is 6.92 Å². The maximum absolute atomic E-state index is 11.7. The minimum absolute atomic E-state index is 0.0122. The predicted molar refractivity (Wildman–Crippen MR) is 48.1 cm³/mol. The number of hydrogen-bond acceptors (Lipinski definition) is 3. The summed E-state index contributed by atoms with van der Waals surface area (Å²) in [5.41, 5.74) is -0.451. The van der Waals surface area contributed by atoms with E-state index in [1.54, 1.807) is 0 Å². The number of carbonyl (C=O) groups excluding carboxylic acids is 2. The van der Waals surface area contributed by atoms with Gasteiger partial charge in [0.1, 0.15) is 12.0 Å². The molecular formula is C10H16O3. The van der Waals surface area contributed by atoms with Gasteiger partial charge in [-0.15, -0.1) is 0 Å². The first-order valence-corrected chi connectivity index (χ1v) is 4.57. The molecular weight excluding hydrogens is 168 g/mol. The van der Waals surface area contributed by atoms with Gasteiger partial charge in [0.2, 0.25) is 0 Å². The van der Waals surface area contributed by atoms with E-state index in [4.69, 9.17) is 4.74 Å². The molecule has 0 radical (unpaired) electrons. The molecule has 1 aliphatic heterocycles. The first kappa shape index (κ1) is 10.2. The monoisotopic (exact) mass is 184 g/mol. The third kappa shape index (κ3) is 2.08. The van der Waals surface area contributed by atoms with Gasteiger partial charge in [0.15, 0.2) is 5.78 Å². The normalized spacial score (nSPS) is 28.8. The van der Waals surface area contributed by atoms with E-state index in [1.807, 2.05) is 27.7 Å². The third-order valence-electron chi connectivity index (χ3n) is 2.23. The van der Waals surface area contributed by atoms with Crippen LogP contribution in [0, 0.1) is 11.3 Å². The fourth-order valence-electron chi connectivity index (χ4n) is 1.49. The summed E-state index contributed by atoms with van der Waals surface area (Å²) in [7, 11) is 0.